The predicted octanol–water partition coefficient (Wildman–Crippen LogP) is 4.64. The minimum absolute atomic E-state index is 0.0765. The molecule has 0 saturated carbocycles. The maximum Gasteiger partial charge on any atom is 0.344 e. The van der Waals surface area contributed by atoms with Crippen LogP contribution in [0, 0.1) is 0 Å². The van der Waals surface area contributed by atoms with Gasteiger partial charge in [-0.25, -0.2) is 4.79 Å². The quantitative estimate of drug-likeness (QED) is 0.351. The molecule has 0 fully saturated rings. The number of hydrogen-bond acceptors (Lipinski definition) is 7. The first-order chi connectivity index (χ1) is 17.5. The van der Waals surface area contributed by atoms with Crippen LogP contribution in [-0.2, 0) is 11.3 Å². The Kier molecular flexibility index (Phi) is 6.25. The number of carbonyl (C=O) groups excluding carboxylic acids is 1. The van der Waals surface area contributed by atoms with Crippen molar-refractivity contribution in [2.45, 2.75) is 13.5 Å². The molecule has 0 atom stereocenters. The highest BCUT2D eigenvalue weighted by atomic mass is 16.7. The summed E-state index contributed by atoms with van der Waals surface area (Å²) in [6.07, 6.45) is 0. The number of pyridine rings is 1. The second kappa shape index (κ2) is 9.65. The summed E-state index contributed by atoms with van der Waals surface area (Å²) in [5, 5.41) is 0.662. The van der Waals surface area contributed by atoms with Crippen LogP contribution in [0.15, 0.2) is 65.5 Å². The number of hydrogen-bond donors (Lipinski definition) is 0. The zero-order valence-corrected chi connectivity index (χ0v) is 20.2. The molecular weight excluding hydrogens is 462 g/mol. The summed E-state index contributed by atoms with van der Waals surface area (Å²) in [6.45, 7) is 2.66. The Hall–Kier alpha value is -4.46. The number of nitrogens with zero attached hydrogens (tertiary/aromatic N) is 1. The van der Waals surface area contributed by atoms with E-state index in [9.17, 15) is 9.59 Å². The van der Waals surface area contributed by atoms with Gasteiger partial charge in [0.15, 0.2) is 11.5 Å². The van der Waals surface area contributed by atoms with Gasteiger partial charge in [-0.05, 0) is 48.9 Å². The number of fused-ring (bicyclic) bond motifs is 2. The third-order valence-corrected chi connectivity index (χ3v) is 6.12. The molecule has 1 aliphatic heterocycles. The first kappa shape index (κ1) is 23.3. The number of methoxy groups -OCH3 is 2. The Morgan fingerprint density at radius 3 is 2.58 bits per heavy atom. The monoisotopic (exact) mass is 487 g/mol. The molecule has 0 saturated heterocycles. The lowest BCUT2D eigenvalue weighted by Crippen LogP contribution is -2.29. The molecule has 0 spiro atoms. The molecule has 0 radical (unpaired) electrons. The molecule has 4 aromatic rings. The highest BCUT2D eigenvalue weighted by Gasteiger charge is 2.26. The zero-order chi connectivity index (χ0) is 25.2. The molecule has 0 unspecified atom stereocenters. The van der Waals surface area contributed by atoms with E-state index in [2.05, 4.69) is 0 Å². The lowest BCUT2D eigenvalue weighted by Gasteiger charge is -2.19. The van der Waals surface area contributed by atoms with Crippen LogP contribution in [0.25, 0.3) is 22.0 Å². The summed E-state index contributed by atoms with van der Waals surface area (Å²) in [5.74, 6) is 1.66. The lowest BCUT2D eigenvalue weighted by atomic mass is 9.95. The fraction of sp³-hybridized carbons (Fsp3) is 0.214. The number of aromatic nitrogens is 1. The van der Waals surface area contributed by atoms with Gasteiger partial charge in [0.25, 0.3) is 5.56 Å². The van der Waals surface area contributed by atoms with Crippen LogP contribution in [-0.4, -0.2) is 38.2 Å². The largest absolute Gasteiger partial charge is 0.496 e. The first-order valence-corrected chi connectivity index (χ1v) is 11.5. The van der Waals surface area contributed by atoms with Crippen LogP contribution in [0.5, 0.6) is 23.0 Å². The van der Waals surface area contributed by atoms with Crippen LogP contribution in [0.1, 0.15) is 22.8 Å². The second-order valence-corrected chi connectivity index (χ2v) is 8.12. The number of rotatable bonds is 7. The fourth-order valence-electron chi connectivity index (χ4n) is 4.50. The van der Waals surface area contributed by atoms with Gasteiger partial charge in [-0.1, -0.05) is 24.3 Å². The van der Waals surface area contributed by atoms with E-state index >= 15 is 0 Å². The Balaban J connectivity index is 1.84. The minimum Gasteiger partial charge on any atom is -0.496 e. The van der Waals surface area contributed by atoms with Crippen molar-refractivity contribution in [1.82, 2.24) is 4.57 Å². The van der Waals surface area contributed by atoms with Crippen molar-refractivity contribution < 1.29 is 28.5 Å². The van der Waals surface area contributed by atoms with Crippen LogP contribution in [0.2, 0.25) is 0 Å². The molecule has 3 aromatic carbocycles. The van der Waals surface area contributed by atoms with Crippen molar-refractivity contribution in [3.63, 3.8) is 0 Å². The zero-order valence-electron chi connectivity index (χ0n) is 20.2. The van der Waals surface area contributed by atoms with Crippen LogP contribution < -0.4 is 24.5 Å². The Morgan fingerprint density at radius 1 is 1.00 bits per heavy atom. The first-order valence-electron chi connectivity index (χ1n) is 11.5. The van der Waals surface area contributed by atoms with Crippen molar-refractivity contribution in [2.24, 2.45) is 0 Å². The molecule has 36 heavy (non-hydrogen) atoms. The molecule has 5 rings (SSSR count). The number of ether oxygens (including phenoxy) is 5. The summed E-state index contributed by atoms with van der Waals surface area (Å²) in [6, 6.07) is 18.3. The number of para-hydroxylation sites is 1. The molecule has 0 amide bonds. The van der Waals surface area contributed by atoms with E-state index in [1.165, 1.54) is 7.11 Å². The molecule has 2 heterocycles. The van der Waals surface area contributed by atoms with Crippen molar-refractivity contribution in [1.29, 1.82) is 0 Å². The van der Waals surface area contributed by atoms with Crippen LogP contribution >= 0.6 is 0 Å². The molecule has 0 bridgehead atoms. The number of carbonyl (C=O) groups is 1. The maximum absolute atomic E-state index is 14.0. The SMILES string of the molecule is CCOc1ccc2c(c1)c(-c1ccc3c(c1)OCO3)c(C(=O)OC)c(=O)n2Cc1ccccc1OC. The maximum atomic E-state index is 14.0. The molecule has 8 nitrogen and oxygen atoms in total. The van der Waals surface area contributed by atoms with Crippen molar-refractivity contribution in [3.8, 4) is 34.1 Å². The van der Waals surface area contributed by atoms with E-state index in [0.29, 0.717) is 51.6 Å². The van der Waals surface area contributed by atoms with Gasteiger partial charge in [-0.3, -0.25) is 4.79 Å². The Morgan fingerprint density at radius 2 is 1.81 bits per heavy atom. The normalized spacial score (nSPS) is 12.0. The summed E-state index contributed by atoms with van der Waals surface area (Å²) >= 11 is 0. The standard InChI is InChI=1S/C28H25NO7/c1-4-34-19-10-11-21-20(14-19)25(17-9-12-23-24(13-17)36-16-35-23)26(28(31)33-3)27(30)29(21)15-18-7-5-6-8-22(18)32-2/h5-14H,4,15-16H2,1-3H3. The van der Waals surface area contributed by atoms with Gasteiger partial charge >= 0.3 is 5.97 Å². The van der Waals surface area contributed by atoms with Gasteiger partial charge in [0.1, 0.15) is 17.1 Å². The van der Waals surface area contributed by atoms with E-state index in [0.717, 1.165) is 5.56 Å². The average molecular weight is 488 g/mol. The van der Waals surface area contributed by atoms with E-state index in [1.54, 1.807) is 29.9 Å². The van der Waals surface area contributed by atoms with Crippen molar-refractivity contribution in [2.75, 3.05) is 27.6 Å². The van der Waals surface area contributed by atoms with Gasteiger partial charge in [0, 0.05) is 16.5 Å². The fourth-order valence-corrected chi connectivity index (χ4v) is 4.50. The molecule has 0 aliphatic carbocycles. The van der Waals surface area contributed by atoms with E-state index in [1.807, 2.05) is 49.4 Å². The summed E-state index contributed by atoms with van der Waals surface area (Å²) < 4.78 is 28.9. The van der Waals surface area contributed by atoms with Gasteiger partial charge < -0.3 is 28.3 Å². The summed E-state index contributed by atoms with van der Waals surface area (Å²) in [4.78, 5) is 27.1. The smallest absolute Gasteiger partial charge is 0.344 e. The van der Waals surface area contributed by atoms with Gasteiger partial charge in [-0.2, -0.15) is 0 Å². The number of benzene rings is 3. The summed E-state index contributed by atoms with van der Waals surface area (Å²) in [5.41, 5.74) is 1.95. The second-order valence-electron chi connectivity index (χ2n) is 8.12. The summed E-state index contributed by atoms with van der Waals surface area (Å²) in [7, 11) is 2.84. The minimum atomic E-state index is -0.731. The third-order valence-electron chi connectivity index (χ3n) is 6.12. The highest BCUT2D eigenvalue weighted by molar-refractivity contribution is 6.07. The number of esters is 1. The van der Waals surface area contributed by atoms with Gasteiger partial charge in [0.05, 0.1) is 32.9 Å². The van der Waals surface area contributed by atoms with E-state index in [4.69, 9.17) is 23.7 Å². The van der Waals surface area contributed by atoms with Gasteiger partial charge in [-0.15, -0.1) is 0 Å². The third kappa shape index (κ3) is 4.00. The van der Waals surface area contributed by atoms with Crippen LogP contribution in [0.3, 0.4) is 0 Å². The Labute approximate surface area is 207 Å². The molecule has 0 N–H and O–H groups in total. The van der Waals surface area contributed by atoms with E-state index < -0.39 is 11.5 Å². The Bertz CT molecular complexity index is 1520. The molecule has 8 heteroatoms. The predicted molar refractivity (Wildman–Crippen MR) is 134 cm³/mol. The van der Waals surface area contributed by atoms with E-state index in [-0.39, 0.29) is 18.9 Å². The average Bonchev–Trinajstić information content (AvgIpc) is 3.38. The van der Waals surface area contributed by atoms with Gasteiger partial charge in [0.2, 0.25) is 6.79 Å². The molecular formula is C28H25NO7. The highest BCUT2D eigenvalue weighted by Crippen LogP contribution is 2.40. The molecule has 184 valence electrons. The van der Waals surface area contributed by atoms with Crippen LogP contribution in [0.4, 0.5) is 0 Å². The molecule has 1 aliphatic rings. The lowest BCUT2D eigenvalue weighted by molar-refractivity contribution is 0.0599. The van der Waals surface area contributed by atoms with Crippen molar-refractivity contribution >= 4 is 16.9 Å². The molecule has 1 aromatic heterocycles. The van der Waals surface area contributed by atoms with Crippen molar-refractivity contribution in [3.05, 3.63) is 82.1 Å². The topological polar surface area (TPSA) is 85.2 Å².